The SMILES string of the molecule is Cc1c(-c2cc(Cl)c3c(c2)CCC2(CCN(C(=O)OC(C)(C)C)CC2)O3)ccc2cccnc12. The fourth-order valence-electron chi connectivity index (χ4n) is 5.12. The van der Waals surface area contributed by atoms with Crippen LogP contribution in [0.4, 0.5) is 4.79 Å². The number of rotatable bonds is 1. The van der Waals surface area contributed by atoms with Crippen LogP contribution in [0.3, 0.4) is 0 Å². The Labute approximate surface area is 206 Å². The van der Waals surface area contributed by atoms with Crippen LogP contribution in [-0.4, -0.2) is 40.3 Å². The second kappa shape index (κ2) is 8.46. The minimum atomic E-state index is -0.489. The second-order valence-electron chi connectivity index (χ2n) is 10.5. The smallest absolute Gasteiger partial charge is 0.410 e. The van der Waals surface area contributed by atoms with E-state index in [9.17, 15) is 4.79 Å². The molecule has 6 heteroatoms. The number of likely N-dealkylation sites (tertiary alicyclic amines) is 1. The van der Waals surface area contributed by atoms with Gasteiger partial charge in [-0.15, -0.1) is 0 Å². The monoisotopic (exact) mass is 478 g/mol. The number of ether oxygens (including phenoxy) is 2. The lowest BCUT2D eigenvalue weighted by molar-refractivity contribution is -0.0272. The number of fused-ring (bicyclic) bond motifs is 2. The lowest BCUT2D eigenvalue weighted by Crippen LogP contribution is -2.52. The molecule has 5 rings (SSSR count). The number of aromatic nitrogens is 1. The molecule has 3 aromatic rings. The van der Waals surface area contributed by atoms with Gasteiger partial charge in [0.25, 0.3) is 0 Å². The molecule has 1 spiro atoms. The molecule has 0 atom stereocenters. The normalized spacial score (nSPS) is 17.4. The van der Waals surface area contributed by atoms with Gasteiger partial charge >= 0.3 is 6.09 Å². The van der Waals surface area contributed by atoms with Crippen LogP contribution in [0.25, 0.3) is 22.0 Å². The number of hydrogen-bond acceptors (Lipinski definition) is 4. The summed E-state index contributed by atoms with van der Waals surface area (Å²) in [7, 11) is 0. The minimum absolute atomic E-state index is 0.249. The van der Waals surface area contributed by atoms with E-state index in [1.807, 2.05) is 39.1 Å². The van der Waals surface area contributed by atoms with Crippen molar-refractivity contribution in [1.29, 1.82) is 0 Å². The highest BCUT2D eigenvalue weighted by Crippen LogP contribution is 2.45. The van der Waals surface area contributed by atoms with E-state index < -0.39 is 5.60 Å². The Hall–Kier alpha value is -2.79. The number of aryl methyl sites for hydroxylation is 2. The van der Waals surface area contributed by atoms with Crippen molar-refractivity contribution in [2.75, 3.05) is 13.1 Å². The van der Waals surface area contributed by atoms with Gasteiger partial charge in [-0.3, -0.25) is 4.98 Å². The number of hydrogen-bond donors (Lipinski definition) is 0. The van der Waals surface area contributed by atoms with Gasteiger partial charge in [0.15, 0.2) is 0 Å². The second-order valence-corrected chi connectivity index (χ2v) is 10.9. The molecule has 2 aliphatic rings. The van der Waals surface area contributed by atoms with E-state index >= 15 is 0 Å². The molecule has 0 radical (unpaired) electrons. The fraction of sp³-hybridized carbons (Fsp3) is 0.429. The highest BCUT2D eigenvalue weighted by atomic mass is 35.5. The molecule has 3 heterocycles. The number of amides is 1. The van der Waals surface area contributed by atoms with Gasteiger partial charge in [-0.1, -0.05) is 29.8 Å². The van der Waals surface area contributed by atoms with Crippen LogP contribution in [0, 0.1) is 6.92 Å². The lowest BCUT2D eigenvalue weighted by Gasteiger charge is -2.44. The number of carbonyl (C=O) groups is 1. The minimum Gasteiger partial charge on any atom is -0.485 e. The number of piperidine rings is 1. The molecule has 1 aromatic heterocycles. The molecule has 0 N–H and O–H groups in total. The molecule has 0 unspecified atom stereocenters. The maximum absolute atomic E-state index is 12.5. The molecule has 1 fully saturated rings. The van der Waals surface area contributed by atoms with Crippen molar-refractivity contribution in [1.82, 2.24) is 9.88 Å². The Morgan fingerprint density at radius 3 is 2.65 bits per heavy atom. The molecule has 1 amide bonds. The molecule has 0 aliphatic carbocycles. The van der Waals surface area contributed by atoms with Crippen LogP contribution in [0.1, 0.15) is 51.2 Å². The van der Waals surface area contributed by atoms with Gasteiger partial charge in [-0.2, -0.15) is 0 Å². The predicted octanol–water partition coefficient (Wildman–Crippen LogP) is 6.96. The number of nitrogens with zero attached hydrogens (tertiary/aromatic N) is 2. The number of benzene rings is 2. The summed E-state index contributed by atoms with van der Waals surface area (Å²) in [4.78, 5) is 18.8. The van der Waals surface area contributed by atoms with Gasteiger partial charge < -0.3 is 14.4 Å². The van der Waals surface area contributed by atoms with Crippen molar-refractivity contribution in [3.63, 3.8) is 0 Å². The molecule has 34 heavy (non-hydrogen) atoms. The molecule has 2 aromatic carbocycles. The van der Waals surface area contributed by atoms with Crippen molar-refractivity contribution in [3.8, 4) is 16.9 Å². The Morgan fingerprint density at radius 1 is 1.15 bits per heavy atom. The number of carbonyl (C=O) groups excluding carboxylic acids is 1. The van der Waals surface area contributed by atoms with E-state index in [0.717, 1.165) is 64.6 Å². The van der Waals surface area contributed by atoms with Gasteiger partial charge in [0.2, 0.25) is 0 Å². The van der Waals surface area contributed by atoms with Gasteiger partial charge in [0, 0.05) is 37.5 Å². The first kappa shape index (κ1) is 23.0. The quantitative estimate of drug-likeness (QED) is 0.379. The first-order valence-corrected chi connectivity index (χ1v) is 12.4. The van der Waals surface area contributed by atoms with Crippen LogP contribution in [-0.2, 0) is 11.2 Å². The van der Waals surface area contributed by atoms with Crippen LogP contribution in [0.5, 0.6) is 5.75 Å². The summed E-state index contributed by atoms with van der Waals surface area (Å²) < 4.78 is 12.1. The molecule has 0 saturated carbocycles. The van der Waals surface area contributed by atoms with Gasteiger partial charge in [0.05, 0.1) is 10.5 Å². The summed E-state index contributed by atoms with van der Waals surface area (Å²) in [5.41, 5.74) is 4.77. The standard InChI is InChI=1S/C28H31ClN2O3/c1-18-22(8-7-19-6-5-13-30-24(18)19)21-16-20-9-10-28(33-25(20)23(29)17-21)11-14-31(15-12-28)26(32)34-27(2,3)4/h5-8,13,16-17H,9-12,14-15H2,1-4H3. The fourth-order valence-corrected chi connectivity index (χ4v) is 5.39. The first-order valence-electron chi connectivity index (χ1n) is 12.0. The molecule has 178 valence electrons. The highest BCUT2D eigenvalue weighted by Gasteiger charge is 2.42. The van der Waals surface area contributed by atoms with Crippen molar-refractivity contribution in [2.24, 2.45) is 0 Å². The summed E-state index contributed by atoms with van der Waals surface area (Å²) in [6, 6.07) is 12.5. The summed E-state index contributed by atoms with van der Waals surface area (Å²) in [6.07, 6.45) is 4.96. The van der Waals surface area contributed by atoms with Crippen molar-refractivity contribution in [2.45, 2.75) is 64.6 Å². The van der Waals surface area contributed by atoms with Crippen molar-refractivity contribution < 1.29 is 14.3 Å². The molecular formula is C28H31ClN2O3. The summed E-state index contributed by atoms with van der Waals surface area (Å²) in [5.74, 6) is 0.791. The zero-order valence-electron chi connectivity index (χ0n) is 20.3. The molecule has 1 saturated heterocycles. The number of pyridine rings is 1. The predicted molar refractivity (Wildman–Crippen MR) is 136 cm³/mol. The summed E-state index contributed by atoms with van der Waals surface area (Å²) in [6.45, 7) is 9.05. The van der Waals surface area contributed by atoms with E-state index in [2.05, 4.69) is 36.2 Å². The van der Waals surface area contributed by atoms with Crippen LogP contribution in [0.15, 0.2) is 42.6 Å². The Bertz CT molecular complexity index is 1260. The Morgan fingerprint density at radius 2 is 1.91 bits per heavy atom. The van der Waals surface area contributed by atoms with Crippen molar-refractivity contribution >= 4 is 28.6 Å². The van der Waals surface area contributed by atoms with Gasteiger partial charge in [-0.05, 0) is 81.0 Å². The topological polar surface area (TPSA) is 51.7 Å². The van der Waals surface area contributed by atoms with E-state index in [1.54, 1.807) is 4.90 Å². The van der Waals surface area contributed by atoms with Gasteiger partial charge in [0.1, 0.15) is 17.0 Å². The maximum Gasteiger partial charge on any atom is 0.410 e. The average Bonchev–Trinajstić information content (AvgIpc) is 2.79. The average molecular weight is 479 g/mol. The summed E-state index contributed by atoms with van der Waals surface area (Å²) in [5, 5.41) is 1.78. The highest BCUT2D eigenvalue weighted by molar-refractivity contribution is 6.32. The van der Waals surface area contributed by atoms with E-state index in [0.29, 0.717) is 18.1 Å². The Kier molecular flexibility index (Phi) is 5.71. The van der Waals surface area contributed by atoms with E-state index in [4.69, 9.17) is 21.1 Å². The van der Waals surface area contributed by atoms with Crippen LogP contribution in [0.2, 0.25) is 5.02 Å². The zero-order valence-corrected chi connectivity index (χ0v) is 21.0. The lowest BCUT2D eigenvalue weighted by atomic mass is 9.82. The maximum atomic E-state index is 12.5. The molecule has 0 bridgehead atoms. The number of halogens is 1. The third-order valence-electron chi connectivity index (χ3n) is 6.95. The summed E-state index contributed by atoms with van der Waals surface area (Å²) >= 11 is 6.80. The van der Waals surface area contributed by atoms with Crippen molar-refractivity contribution in [3.05, 3.63) is 58.7 Å². The third kappa shape index (κ3) is 4.34. The van der Waals surface area contributed by atoms with E-state index in [1.165, 1.54) is 0 Å². The largest absolute Gasteiger partial charge is 0.485 e. The zero-order chi connectivity index (χ0) is 24.1. The van der Waals surface area contributed by atoms with Crippen LogP contribution >= 0.6 is 11.6 Å². The first-order chi connectivity index (χ1) is 16.1. The van der Waals surface area contributed by atoms with E-state index in [-0.39, 0.29) is 11.7 Å². The molecule has 5 nitrogen and oxygen atoms in total. The van der Waals surface area contributed by atoms with Crippen LogP contribution < -0.4 is 4.74 Å². The molecular weight excluding hydrogens is 448 g/mol. The van der Waals surface area contributed by atoms with Gasteiger partial charge in [-0.25, -0.2) is 4.79 Å². The Balaban J connectivity index is 1.36. The molecule has 2 aliphatic heterocycles. The third-order valence-corrected chi connectivity index (χ3v) is 7.23.